The quantitative estimate of drug-likeness (QED) is 0.597. The highest BCUT2D eigenvalue weighted by Crippen LogP contribution is 2.21. The van der Waals surface area contributed by atoms with Crippen molar-refractivity contribution in [2.75, 3.05) is 31.5 Å². The van der Waals surface area contributed by atoms with Gasteiger partial charge in [0.25, 0.3) is 0 Å². The summed E-state index contributed by atoms with van der Waals surface area (Å²) in [5, 5.41) is 3.72. The van der Waals surface area contributed by atoms with E-state index in [2.05, 4.69) is 20.1 Å². The molecule has 1 aliphatic rings. The fourth-order valence-corrected chi connectivity index (χ4v) is 4.16. The number of ketones is 1. The molecule has 2 aromatic carbocycles. The van der Waals surface area contributed by atoms with Gasteiger partial charge in [0.15, 0.2) is 5.78 Å². The molecule has 0 bridgehead atoms. The van der Waals surface area contributed by atoms with Crippen molar-refractivity contribution >= 4 is 28.3 Å². The van der Waals surface area contributed by atoms with E-state index in [9.17, 15) is 14.0 Å². The summed E-state index contributed by atoms with van der Waals surface area (Å²) in [6, 6.07) is 13.1. The SMILES string of the molecule is CC(C(=O)Nc1cccc(F)c1)N1CCN(C(C)C(=O)c2c[nH]c3ccccc23)CC1. The van der Waals surface area contributed by atoms with E-state index in [1.165, 1.54) is 12.1 Å². The monoisotopic (exact) mass is 422 g/mol. The summed E-state index contributed by atoms with van der Waals surface area (Å²) in [5.74, 6) is -0.447. The van der Waals surface area contributed by atoms with Crippen molar-refractivity contribution in [3.8, 4) is 0 Å². The van der Waals surface area contributed by atoms with Crippen molar-refractivity contribution < 1.29 is 14.0 Å². The number of anilines is 1. The number of nitrogens with zero attached hydrogens (tertiary/aromatic N) is 2. The van der Waals surface area contributed by atoms with Gasteiger partial charge < -0.3 is 10.3 Å². The van der Waals surface area contributed by atoms with Gasteiger partial charge in [-0.2, -0.15) is 0 Å². The maximum Gasteiger partial charge on any atom is 0.241 e. The van der Waals surface area contributed by atoms with Crippen molar-refractivity contribution in [3.63, 3.8) is 0 Å². The first-order valence-corrected chi connectivity index (χ1v) is 10.6. The summed E-state index contributed by atoms with van der Waals surface area (Å²) in [7, 11) is 0. The van der Waals surface area contributed by atoms with Crippen LogP contribution in [0.4, 0.5) is 10.1 Å². The molecule has 31 heavy (non-hydrogen) atoms. The third-order valence-corrected chi connectivity index (χ3v) is 6.15. The van der Waals surface area contributed by atoms with Crippen LogP contribution in [0.5, 0.6) is 0 Å². The third kappa shape index (κ3) is 4.52. The number of halogens is 1. The van der Waals surface area contributed by atoms with E-state index < -0.39 is 0 Å². The highest BCUT2D eigenvalue weighted by Gasteiger charge is 2.30. The highest BCUT2D eigenvalue weighted by atomic mass is 19.1. The lowest BCUT2D eigenvalue weighted by Gasteiger charge is -2.39. The maximum atomic E-state index is 13.3. The largest absolute Gasteiger partial charge is 0.360 e. The number of aromatic nitrogens is 1. The van der Waals surface area contributed by atoms with Crippen LogP contribution in [0, 0.1) is 5.82 Å². The first-order valence-electron chi connectivity index (χ1n) is 10.6. The smallest absolute Gasteiger partial charge is 0.241 e. The van der Waals surface area contributed by atoms with Crippen molar-refractivity contribution in [1.29, 1.82) is 0 Å². The minimum atomic E-state index is -0.382. The second-order valence-corrected chi connectivity index (χ2v) is 8.04. The Kier molecular flexibility index (Phi) is 6.15. The maximum absolute atomic E-state index is 13.3. The van der Waals surface area contributed by atoms with Crippen molar-refractivity contribution in [3.05, 3.63) is 66.1 Å². The molecule has 2 N–H and O–H groups in total. The first-order chi connectivity index (χ1) is 14.9. The summed E-state index contributed by atoms with van der Waals surface area (Å²) in [4.78, 5) is 33.1. The number of H-pyrrole nitrogens is 1. The average molecular weight is 423 g/mol. The Bertz CT molecular complexity index is 1090. The number of rotatable bonds is 6. The molecular formula is C24H27FN4O2. The Morgan fingerprint density at radius 3 is 2.35 bits per heavy atom. The number of amides is 1. The molecule has 1 fully saturated rings. The van der Waals surface area contributed by atoms with Crippen LogP contribution in [-0.4, -0.2) is 64.7 Å². The first kappa shape index (κ1) is 21.2. The lowest BCUT2D eigenvalue weighted by atomic mass is 10.0. The van der Waals surface area contributed by atoms with E-state index >= 15 is 0 Å². The number of para-hydroxylation sites is 1. The average Bonchev–Trinajstić information content (AvgIpc) is 3.22. The molecule has 1 aliphatic heterocycles. The molecule has 0 spiro atoms. The molecule has 3 aromatic rings. The zero-order chi connectivity index (χ0) is 22.0. The molecule has 1 saturated heterocycles. The fraction of sp³-hybridized carbons (Fsp3) is 0.333. The van der Waals surface area contributed by atoms with Gasteiger partial charge in [-0.15, -0.1) is 0 Å². The van der Waals surface area contributed by atoms with E-state index in [1.807, 2.05) is 38.1 Å². The van der Waals surface area contributed by atoms with Crippen LogP contribution in [0.25, 0.3) is 10.9 Å². The normalized spacial score (nSPS) is 17.4. The van der Waals surface area contributed by atoms with Gasteiger partial charge in [-0.1, -0.05) is 24.3 Å². The van der Waals surface area contributed by atoms with Gasteiger partial charge in [0.2, 0.25) is 5.91 Å². The van der Waals surface area contributed by atoms with E-state index in [0.717, 1.165) is 10.9 Å². The predicted octanol–water partition coefficient (Wildman–Crippen LogP) is 3.52. The van der Waals surface area contributed by atoms with Gasteiger partial charge in [-0.25, -0.2) is 4.39 Å². The summed E-state index contributed by atoms with van der Waals surface area (Å²) in [6.07, 6.45) is 1.79. The molecule has 0 saturated carbocycles. The molecule has 2 heterocycles. The van der Waals surface area contributed by atoms with E-state index in [-0.39, 0.29) is 29.6 Å². The van der Waals surface area contributed by atoms with Crippen LogP contribution < -0.4 is 5.32 Å². The fourth-order valence-electron chi connectivity index (χ4n) is 4.16. The molecule has 6 nitrogen and oxygen atoms in total. The number of aromatic amines is 1. The van der Waals surface area contributed by atoms with Crippen LogP contribution in [0.2, 0.25) is 0 Å². The molecular weight excluding hydrogens is 395 g/mol. The van der Waals surface area contributed by atoms with E-state index in [0.29, 0.717) is 37.4 Å². The van der Waals surface area contributed by atoms with Crippen LogP contribution >= 0.6 is 0 Å². The van der Waals surface area contributed by atoms with Crippen LogP contribution in [-0.2, 0) is 4.79 Å². The Balaban J connectivity index is 1.34. The minimum absolute atomic E-state index is 0.0998. The van der Waals surface area contributed by atoms with Crippen LogP contribution in [0.1, 0.15) is 24.2 Å². The molecule has 2 atom stereocenters. The molecule has 162 valence electrons. The molecule has 1 amide bonds. The number of carbonyl (C=O) groups is 2. The Morgan fingerprint density at radius 1 is 0.968 bits per heavy atom. The van der Waals surface area contributed by atoms with Gasteiger partial charge in [0, 0.05) is 54.5 Å². The van der Waals surface area contributed by atoms with Crippen LogP contribution in [0.15, 0.2) is 54.7 Å². The Morgan fingerprint density at radius 2 is 1.65 bits per heavy atom. The number of Topliss-reactive ketones (excluding diaryl/α,β-unsaturated/α-hetero) is 1. The Labute approximate surface area is 181 Å². The topological polar surface area (TPSA) is 68.4 Å². The molecule has 7 heteroatoms. The minimum Gasteiger partial charge on any atom is -0.360 e. The number of fused-ring (bicyclic) bond motifs is 1. The second-order valence-electron chi connectivity index (χ2n) is 8.04. The number of nitrogens with one attached hydrogen (secondary N) is 2. The molecule has 4 rings (SSSR count). The van der Waals surface area contributed by atoms with E-state index in [1.54, 1.807) is 18.3 Å². The van der Waals surface area contributed by atoms with Gasteiger partial charge in [0.1, 0.15) is 5.82 Å². The van der Waals surface area contributed by atoms with Gasteiger partial charge in [-0.3, -0.25) is 19.4 Å². The van der Waals surface area contributed by atoms with Crippen LogP contribution in [0.3, 0.4) is 0 Å². The molecule has 1 aromatic heterocycles. The zero-order valence-corrected chi connectivity index (χ0v) is 17.8. The third-order valence-electron chi connectivity index (χ3n) is 6.15. The second kappa shape index (κ2) is 8.99. The summed E-state index contributed by atoms with van der Waals surface area (Å²) >= 11 is 0. The highest BCUT2D eigenvalue weighted by molar-refractivity contribution is 6.10. The Hall–Kier alpha value is -3.03. The van der Waals surface area contributed by atoms with Crippen molar-refractivity contribution in [2.45, 2.75) is 25.9 Å². The number of hydrogen-bond acceptors (Lipinski definition) is 4. The number of benzene rings is 2. The predicted molar refractivity (Wildman–Crippen MR) is 120 cm³/mol. The number of piperazine rings is 1. The van der Waals surface area contributed by atoms with Crippen molar-refractivity contribution in [2.24, 2.45) is 0 Å². The lowest BCUT2D eigenvalue weighted by Crippen LogP contribution is -2.55. The zero-order valence-electron chi connectivity index (χ0n) is 17.8. The summed E-state index contributed by atoms with van der Waals surface area (Å²) in [5.41, 5.74) is 2.13. The number of carbonyl (C=O) groups excluding carboxylic acids is 2. The van der Waals surface area contributed by atoms with Crippen molar-refractivity contribution in [1.82, 2.24) is 14.8 Å². The molecule has 0 aliphatic carbocycles. The van der Waals surface area contributed by atoms with Gasteiger partial charge in [0.05, 0.1) is 12.1 Å². The molecule has 0 radical (unpaired) electrons. The summed E-state index contributed by atoms with van der Waals surface area (Å²) in [6.45, 7) is 6.57. The molecule has 2 unspecified atom stereocenters. The van der Waals surface area contributed by atoms with Gasteiger partial charge in [-0.05, 0) is 38.1 Å². The summed E-state index contributed by atoms with van der Waals surface area (Å²) < 4.78 is 13.3. The number of hydrogen-bond donors (Lipinski definition) is 2. The lowest BCUT2D eigenvalue weighted by molar-refractivity contribution is -0.121. The standard InChI is InChI=1S/C24H27FN4O2/c1-16(23(30)21-15-26-22-9-4-3-8-20(21)22)28-10-12-29(13-11-28)17(2)24(31)27-19-7-5-6-18(25)14-19/h3-9,14-17,26H,10-13H2,1-2H3,(H,27,31). The van der Waals surface area contributed by atoms with E-state index in [4.69, 9.17) is 0 Å². The van der Waals surface area contributed by atoms with Gasteiger partial charge >= 0.3 is 0 Å².